The van der Waals surface area contributed by atoms with E-state index in [0.717, 1.165) is 4.47 Å². The summed E-state index contributed by atoms with van der Waals surface area (Å²) in [6.07, 6.45) is 1.38. The molecule has 4 aromatic rings. The first-order valence-electron chi connectivity index (χ1n) is 8.53. The predicted octanol–water partition coefficient (Wildman–Crippen LogP) is 4.73. The lowest BCUT2D eigenvalue weighted by Crippen LogP contribution is -2.17. The molecule has 144 valence electrons. The zero-order chi connectivity index (χ0) is 20.4. The number of primary amides is 1. The number of nitrogens with zero attached hydrogens (tertiary/aromatic N) is 1. The zero-order valence-corrected chi connectivity index (χ0v) is 16.5. The topological polar surface area (TPSA) is 107 Å². The van der Waals surface area contributed by atoms with Gasteiger partial charge in [0.1, 0.15) is 17.0 Å². The Morgan fingerprint density at radius 2 is 1.79 bits per heavy atom. The summed E-state index contributed by atoms with van der Waals surface area (Å²) in [5, 5.41) is 3.27. The third-order valence-corrected chi connectivity index (χ3v) is 4.62. The van der Waals surface area contributed by atoms with Crippen molar-refractivity contribution in [2.75, 3.05) is 5.32 Å². The highest BCUT2D eigenvalue weighted by atomic mass is 79.9. The molecule has 0 aliphatic carbocycles. The molecule has 0 atom stereocenters. The average Bonchev–Trinajstić information content (AvgIpc) is 3.09. The number of aromatic nitrogens is 1. The number of fused-ring (bicyclic) bond motifs is 1. The highest BCUT2D eigenvalue weighted by molar-refractivity contribution is 9.10. The summed E-state index contributed by atoms with van der Waals surface area (Å²) in [5.41, 5.74) is 6.35. The molecule has 29 heavy (non-hydrogen) atoms. The molecule has 3 N–H and O–H groups in total. The van der Waals surface area contributed by atoms with Gasteiger partial charge in [-0.2, -0.15) is 0 Å². The van der Waals surface area contributed by atoms with Crippen molar-refractivity contribution in [3.63, 3.8) is 0 Å². The van der Waals surface area contributed by atoms with Gasteiger partial charge in [-0.3, -0.25) is 9.59 Å². The van der Waals surface area contributed by atoms with Crippen LogP contribution in [-0.4, -0.2) is 16.8 Å². The molecule has 2 amide bonds. The van der Waals surface area contributed by atoms with E-state index in [0.29, 0.717) is 22.6 Å². The molecule has 2 heterocycles. The first-order valence-corrected chi connectivity index (χ1v) is 9.33. The van der Waals surface area contributed by atoms with E-state index in [4.69, 9.17) is 14.9 Å². The van der Waals surface area contributed by atoms with Gasteiger partial charge in [0.25, 0.3) is 11.8 Å². The number of carbonyl (C=O) groups excluding carboxylic acids is 2. The number of pyridine rings is 1. The number of rotatable bonds is 5. The summed E-state index contributed by atoms with van der Waals surface area (Å²) < 4.78 is 12.0. The van der Waals surface area contributed by atoms with Crippen molar-refractivity contribution in [2.45, 2.75) is 0 Å². The number of anilines is 1. The van der Waals surface area contributed by atoms with E-state index in [9.17, 15) is 9.59 Å². The van der Waals surface area contributed by atoms with Gasteiger partial charge in [0, 0.05) is 22.1 Å². The molecule has 0 aliphatic rings. The summed E-state index contributed by atoms with van der Waals surface area (Å²) in [5.74, 6) is -0.373. The zero-order valence-electron chi connectivity index (χ0n) is 14.9. The Balaban J connectivity index is 1.55. The molecular formula is C21H14BrN3O4. The first kappa shape index (κ1) is 18.7. The van der Waals surface area contributed by atoms with Gasteiger partial charge in [-0.1, -0.05) is 28.1 Å². The third-order valence-electron chi connectivity index (χ3n) is 4.09. The van der Waals surface area contributed by atoms with Gasteiger partial charge in [0.05, 0.1) is 5.56 Å². The number of hydrogen-bond donors (Lipinski definition) is 2. The van der Waals surface area contributed by atoms with Gasteiger partial charge in [-0.05, 0) is 42.5 Å². The normalized spacial score (nSPS) is 10.7. The monoisotopic (exact) mass is 451 g/mol. The number of hydrogen-bond acceptors (Lipinski definition) is 5. The van der Waals surface area contributed by atoms with Crippen LogP contribution in [0.3, 0.4) is 0 Å². The maximum atomic E-state index is 12.6. The molecule has 2 aromatic carbocycles. The molecule has 4 rings (SSSR count). The lowest BCUT2D eigenvalue weighted by atomic mass is 10.2. The second-order valence-corrected chi connectivity index (χ2v) is 6.98. The number of amides is 2. The van der Waals surface area contributed by atoms with E-state index in [1.165, 1.54) is 6.20 Å². The molecule has 8 heteroatoms. The summed E-state index contributed by atoms with van der Waals surface area (Å²) in [6, 6.07) is 17.4. The average molecular weight is 452 g/mol. The van der Waals surface area contributed by atoms with Crippen LogP contribution in [0.25, 0.3) is 11.0 Å². The van der Waals surface area contributed by atoms with Crippen molar-refractivity contribution in [1.29, 1.82) is 0 Å². The predicted molar refractivity (Wildman–Crippen MR) is 111 cm³/mol. The number of benzene rings is 2. The largest absolute Gasteiger partial charge is 0.449 e. The van der Waals surface area contributed by atoms with Crippen LogP contribution in [0.5, 0.6) is 11.6 Å². The molecule has 2 aromatic heterocycles. The Bertz CT molecular complexity index is 1200. The molecule has 0 radical (unpaired) electrons. The van der Waals surface area contributed by atoms with Gasteiger partial charge in [0.15, 0.2) is 0 Å². The van der Waals surface area contributed by atoms with Gasteiger partial charge < -0.3 is 20.2 Å². The van der Waals surface area contributed by atoms with E-state index in [1.807, 2.05) is 12.1 Å². The second kappa shape index (κ2) is 7.76. The minimum absolute atomic E-state index is 0.109. The van der Waals surface area contributed by atoms with Crippen molar-refractivity contribution < 1.29 is 18.7 Å². The highest BCUT2D eigenvalue weighted by Gasteiger charge is 2.21. The van der Waals surface area contributed by atoms with Crippen LogP contribution >= 0.6 is 15.9 Å². The van der Waals surface area contributed by atoms with Crippen LogP contribution in [0.15, 0.2) is 75.8 Å². The molecule has 0 bridgehead atoms. The Morgan fingerprint density at radius 3 is 2.48 bits per heavy atom. The Hall–Kier alpha value is -3.65. The summed E-state index contributed by atoms with van der Waals surface area (Å²) in [7, 11) is 0. The Morgan fingerprint density at radius 1 is 1.03 bits per heavy atom. The van der Waals surface area contributed by atoms with Gasteiger partial charge in [-0.15, -0.1) is 0 Å². The van der Waals surface area contributed by atoms with Crippen molar-refractivity contribution >= 4 is 44.4 Å². The molecular weight excluding hydrogens is 438 g/mol. The fourth-order valence-corrected chi connectivity index (χ4v) is 2.99. The lowest BCUT2D eigenvalue weighted by molar-refractivity contribution is 0.0977. The van der Waals surface area contributed by atoms with Crippen LogP contribution in [-0.2, 0) is 0 Å². The number of para-hydroxylation sites is 1. The fourth-order valence-electron chi connectivity index (χ4n) is 2.73. The number of carbonyl (C=O) groups is 2. The van der Waals surface area contributed by atoms with Crippen molar-refractivity contribution in [3.05, 3.63) is 82.7 Å². The van der Waals surface area contributed by atoms with Crippen molar-refractivity contribution in [2.24, 2.45) is 5.73 Å². The lowest BCUT2D eigenvalue weighted by Gasteiger charge is -2.07. The molecule has 0 unspecified atom stereocenters. The van der Waals surface area contributed by atoms with Crippen LogP contribution in [0.2, 0.25) is 0 Å². The number of halogens is 1. The van der Waals surface area contributed by atoms with E-state index in [2.05, 4.69) is 26.2 Å². The molecule has 0 fully saturated rings. The number of nitrogens with two attached hydrogens (primary N) is 1. The summed E-state index contributed by atoms with van der Waals surface area (Å²) in [6.45, 7) is 0. The van der Waals surface area contributed by atoms with Crippen molar-refractivity contribution in [3.8, 4) is 11.6 Å². The van der Waals surface area contributed by atoms with Crippen LogP contribution in [0.4, 0.5) is 5.69 Å². The molecule has 0 spiro atoms. The minimum Gasteiger partial charge on any atom is -0.449 e. The first-order chi connectivity index (χ1) is 14.0. The van der Waals surface area contributed by atoms with Crippen LogP contribution in [0.1, 0.15) is 20.9 Å². The van der Waals surface area contributed by atoms with E-state index < -0.39 is 11.8 Å². The number of ether oxygens (including phenoxy) is 1. The van der Waals surface area contributed by atoms with E-state index >= 15 is 0 Å². The molecule has 0 saturated heterocycles. The van der Waals surface area contributed by atoms with E-state index in [1.54, 1.807) is 48.5 Å². The molecule has 0 saturated carbocycles. The third kappa shape index (κ3) is 3.97. The van der Waals surface area contributed by atoms with E-state index in [-0.39, 0.29) is 17.0 Å². The number of nitrogens with one attached hydrogen (secondary N) is 1. The fraction of sp³-hybridized carbons (Fsp3) is 0. The van der Waals surface area contributed by atoms with Gasteiger partial charge in [0.2, 0.25) is 11.6 Å². The highest BCUT2D eigenvalue weighted by Crippen LogP contribution is 2.31. The Kier molecular flexibility index (Phi) is 5.01. The maximum absolute atomic E-state index is 12.6. The SMILES string of the molecule is NC(=O)c1oc2ccccc2c1NC(=O)c1ccc(Oc2ccc(Br)cc2)nc1. The smallest absolute Gasteiger partial charge is 0.286 e. The van der Waals surface area contributed by atoms with Crippen LogP contribution < -0.4 is 15.8 Å². The van der Waals surface area contributed by atoms with Crippen molar-refractivity contribution in [1.82, 2.24) is 4.98 Å². The van der Waals surface area contributed by atoms with Gasteiger partial charge >= 0.3 is 0 Å². The van der Waals surface area contributed by atoms with Gasteiger partial charge in [-0.25, -0.2) is 4.98 Å². The molecule has 0 aliphatic heterocycles. The summed E-state index contributed by atoms with van der Waals surface area (Å²) >= 11 is 3.36. The minimum atomic E-state index is -0.770. The maximum Gasteiger partial charge on any atom is 0.286 e. The summed E-state index contributed by atoms with van der Waals surface area (Å²) in [4.78, 5) is 28.5. The quantitative estimate of drug-likeness (QED) is 0.455. The standard InChI is InChI=1S/C21H14BrN3O4/c22-13-6-8-14(9-7-13)28-17-10-5-12(11-24-17)21(27)25-18-15-3-1-2-4-16(15)29-19(18)20(23)26/h1-11H,(H2,23,26)(H,25,27). The number of furan rings is 1. The molecule has 7 nitrogen and oxygen atoms in total. The Labute approximate surface area is 173 Å². The second-order valence-electron chi connectivity index (χ2n) is 6.06. The van der Waals surface area contributed by atoms with Crippen LogP contribution in [0, 0.1) is 0 Å².